The summed E-state index contributed by atoms with van der Waals surface area (Å²) >= 11 is 0. The van der Waals surface area contributed by atoms with Crippen molar-refractivity contribution in [2.24, 2.45) is 11.8 Å². The van der Waals surface area contributed by atoms with Crippen LogP contribution in [0.4, 0.5) is 18.9 Å². The van der Waals surface area contributed by atoms with Crippen molar-refractivity contribution in [1.82, 2.24) is 4.90 Å². The van der Waals surface area contributed by atoms with Crippen LogP contribution in [0.2, 0.25) is 0 Å². The number of halogens is 3. The van der Waals surface area contributed by atoms with Crippen molar-refractivity contribution in [2.75, 3.05) is 31.1 Å². The summed E-state index contributed by atoms with van der Waals surface area (Å²) in [4.78, 5) is 15.9. The number of benzene rings is 1. The molecule has 0 radical (unpaired) electrons. The molecule has 0 N–H and O–H groups in total. The minimum Gasteiger partial charge on any atom is -0.368 e. The Labute approximate surface area is 127 Å². The van der Waals surface area contributed by atoms with Crippen molar-refractivity contribution < 1.29 is 18.0 Å². The molecule has 1 saturated heterocycles. The van der Waals surface area contributed by atoms with Crippen molar-refractivity contribution in [3.63, 3.8) is 0 Å². The first kappa shape index (κ1) is 15.2. The summed E-state index contributed by atoms with van der Waals surface area (Å²) < 4.78 is 38.3. The monoisotopic (exact) mass is 312 g/mol. The first-order valence-electron chi connectivity index (χ1n) is 7.57. The SMILES string of the molecule is C[C@@H]1C[C@H]1C(=O)N1CCN(c2cccc(C(F)(F)F)c2)CC1. The lowest BCUT2D eigenvalue weighted by Crippen LogP contribution is -2.49. The van der Waals surface area contributed by atoms with Crippen LogP contribution < -0.4 is 4.90 Å². The van der Waals surface area contributed by atoms with Crippen molar-refractivity contribution in [3.05, 3.63) is 29.8 Å². The van der Waals surface area contributed by atoms with E-state index in [-0.39, 0.29) is 11.8 Å². The Balaban J connectivity index is 1.63. The topological polar surface area (TPSA) is 23.6 Å². The molecule has 0 unspecified atom stereocenters. The molecule has 1 amide bonds. The fourth-order valence-electron chi connectivity index (χ4n) is 2.96. The molecule has 0 bridgehead atoms. The van der Waals surface area contributed by atoms with Gasteiger partial charge in [-0.15, -0.1) is 0 Å². The molecular formula is C16H19F3N2O. The quantitative estimate of drug-likeness (QED) is 0.838. The zero-order chi connectivity index (χ0) is 15.9. The van der Waals surface area contributed by atoms with E-state index in [4.69, 9.17) is 0 Å². The number of amides is 1. The summed E-state index contributed by atoms with van der Waals surface area (Å²) in [6.07, 6.45) is -3.36. The van der Waals surface area contributed by atoms with Crippen molar-refractivity contribution in [2.45, 2.75) is 19.5 Å². The Bertz CT molecular complexity index is 565. The van der Waals surface area contributed by atoms with Crippen LogP contribution >= 0.6 is 0 Å². The molecule has 22 heavy (non-hydrogen) atoms. The molecule has 1 aromatic carbocycles. The highest BCUT2D eigenvalue weighted by Gasteiger charge is 2.42. The second-order valence-corrected chi connectivity index (χ2v) is 6.18. The number of rotatable bonds is 2. The Kier molecular flexibility index (Phi) is 3.78. The van der Waals surface area contributed by atoms with Crippen molar-refractivity contribution in [3.8, 4) is 0 Å². The van der Waals surface area contributed by atoms with E-state index < -0.39 is 11.7 Å². The van der Waals surface area contributed by atoms with Crippen LogP contribution in [0.25, 0.3) is 0 Å². The number of anilines is 1. The van der Waals surface area contributed by atoms with Crippen LogP contribution in [-0.2, 0) is 11.0 Å². The molecule has 0 spiro atoms. The Morgan fingerprint density at radius 1 is 1.18 bits per heavy atom. The number of nitrogens with zero attached hydrogens (tertiary/aromatic N) is 2. The smallest absolute Gasteiger partial charge is 0.368 e. The van der Waals surface area contributed by atoms with Crippen LogP contribution in [0.1, 0.15) is 18.9 Å². The molecule has 3 nitrogen and oxygen atoms in total. The fourth-order valence-corrected chi connectivity index (χ4v) is 2.96. The van der Waals surface area contributed by atoms with Gasteiger partial charge in [-0.3, -0.25) is 4.79 Å². The van der Waals surface area contributed by atoms with Gasteiger partial charge in [-0.25, -0.2) is 0 Å². The van der Waals surface area contributed by atoms with Crippen LogP contribution in [0.5, 0.6) is 0 Å². The van der Waals surface area contributed by atoms with E-state index in [1.807, 2.05) is 9.80 Å². The van der Waals surface area contributed by atoms with E-state index in [0.29, 0.717) is 37.8 Å². The Morgan fingerprint density at radius 2 is 1.82 bits per heavy atom. The number of carbonyl (C=O) groups excluding carboxylic acids is 1. The summed E-state index contributed by atoms with van der Waals surface area (Å²) in [5, 5.41) is 0. The second-order valence-electron chi connectivity index (χ2n) is 6.18. The maximum Gasteiger partial charge on any atom is 0.416 e. The van der Waals surface area contributed by atoms with E-state index >= 15 is 0 Å². The minimum atomic E-state index is -4.32. The molecular weight excluding hydrogens is 293 g/mol. The van der Waals surface area contributed by atoms with Gasteiger partial charge in [0.1, 0.15) is 0 Å². The average Bonchev–Trinajstić information content (AvgIpc) is 3.23. The molecule has 3 rings (SSSR count). The molecule has 2 fully saturated rings. The van der Waals surface area contributed by atoms with Gasteiger partial charge in [0.2, 0.25) is 5.91 Å². The third-order valence-corrected chi connectivity index (χ3v) is 4.56. The molecule has 1 aromatic rings. The van der Waals surface area contributed by atoms with Crippen molar-refractivity contribution in [1.29, 1.82) is 0 Å². The molecule has 1 aliphatic heterocycles. The third-order valence-electron chi connectivity index (χ3n) is 4.56. The van der Waals surface area contributed by atoms with Gasteiger partial charge in [-0.05, 0) is 30.5 Å². The van der Waals surface area contributed by atoms with Gasteiger partial charge < -0.3 is 9.80 Å². The molecule has 1 heterocycles. The predicted molar refractivity (Wildman–Crippen MR) is 77.5 cm³/mol. The second kappa shape index (κ2) is 5.48. The standard InChI is InChI=1S/C16H19F3N2O/c1-11-9-14(11)15(22)21-7-5-20(6-8-21)13-4-2-3-12(10-13)16(17,18)19/h2-4,10-11,14H,5-9H2,1H3/t11-,14-/m1/s1. The van der Waals surface area contributed by atoms with Gasteiger partial charge in [0.15, 0.2) is 0 Å². The van der Waals surface area contributed by atoms with Crippen molar-refractivity contribution >= 4 is 11.6 Å². The highest BCUT2D eigenvalue weighted by molar-refractivity contribution is 5.81. The lowest BCUT2D eigenvalue weighted by molar-refractivity contribution is -0.137. The van der Waals surface area contributed by atoms with Crippen LogP contribution in [0.3, 0.4) is 0 Å². The fraction of sp³-hybridized carbons (Fsp3) is 0.562. The number of carbonyl (C=O) groups is 1. The number of piperazine rings is 1. The summed E-state index contributed by atoms with van der Waals surface area (Å²) in [7, 11) is 0. The van der Waals surface area contributed by atoms with Gasteiger partial charge in [0.25, 0.3) is 0 Å². The van der Waals surface area contributed by atoms with Crippen LogP contribution in [0, 0.1) is 11.8 Å². The molecule has 0 aromatic heterocycles. The zero-order valence-corrected chi connectivity index (χ0v) is 12.4. The largest absolute Gasteiger partial charge is 0.416 e. The molecule has 1 aliphatic carbocycles. The summed E-state index contributed by atoms with van der Waals surface area (Å²) in [5.74, 6) is 0.852. The summed E-state index contributed by atoms with van der Waals surface area (Å²) in [6.45, 7) is 4.39. The normalized spacial score (nSPS) is 25.3. The molecule has 1 saturated carbocycles. The van der Waals surface area contributed by atoms with E-state index in [9.17, 15) is 18.0 Å². The lowest BCUT2D eigenvalue weighted by atomic mass is 10.1. The lowest BCUT2D eigenvalue weighted by Gasteiger charge is -2.36. The number of hydrogen-bond donors (Lipinski definition) is 0. The van der Waals surface area contributed by atoms with E-state index in [1.54, 1.807) is 6.07 Å². The molecule has 2 atom stereocenters. The van der Waals surface area contributed by atoms with Crippen LogP contribution in [-0.4, -0.2) is 37.0 Å². The maximum absolute atomic E-state index is 12.8. The van der Waals surface area contributed by atoms with Gasteiger partial charge in [0.05, 0.1) is 5.56 Å². The Morgan fingerprint density at radius 3 is 2.36 bits per heavy atom. The number of hydrogen-bond acceptors (Lipinski definition) is 2. The first-order chi connectivity index (χ1) is 10.4. The molecule has 2 aliphatic rings. The van der Waals surface area contributed by atoms with Crippen LogP contribution in [0.15, 0.2) is 24.3 Å². The summed E-state index contributed by atoms with van der Waals surface area (Å²) in [5.41, 5.74) is -0.0583. The van der Waals surface area contributed by atoms with Gasteiger partial charge in [0, 0.05) is 37.8 Å². The van der Waals surface area contributed by atoms with Gasteiger partial charge >= 0.3 is 6.18 Å². The van der Waals surface area contributed by atoms with E-state index in [0.717, 1.165) is 12.5 Å². The molecule has 120 valence electrons. The zero-order valence-electron chi connectivity index (χ0n) is 12.4. The van der Waals surface area contributed by atoms with E-state index in [2.05, 4.69) is 6.92 Å². The van der Waals surface area contributed by atoms with E-state index in [1.165, 1.54) is 12.1 Å². The Hall–Kier alpha value is -1.72. The predicted octanol–water partition coefficient (Wildman–Crippen LogP) is 3.01. The first-order valence-corrected chi connectivity index (χ1v) is 7.57. The van der Waals surface area contributed by atoms with Gasteiger partial charge in [-0.2, -0.15) is 13.2 Å². The highest BCUT2D eigenvalue weighted by atomic mass is 19.4. The number of alkyl halides is 3. The highest BCUT2D eigenvalue weighted by Crippen LogP contribution is 2.39. The van der Waals surface area contributed by atoms with Gasteiger partial charge in [-0.1, -0.05) is 13.0 Å². The minimum absolute atomic E-state index is 0.167. The third kappa shape index (κ3) is 3.05. The molecule has 6 heteroatoms. The average molecular weight is 312 g/mol. The maximum atomic E-state index is 12.8. The summed E-state index contributed by atoms with van der Waals surface area (Å²) in [6, 6.07) is 5.38.